The van der Waals surface area contributed by atoms with Gasteiger partial charge in [-0.3, -0.25) is 14.8 Å². The van der Waals surface area contributed by atoms with Gasteiger partial charge in [-0.05, 0) is 18.2 Å². The number of rotatable bonds is 3. The van der Waals surface area contributed by atoms with E-state index in [2.05, 4.69) is 25.8 Å². The van der Waals surface area contributed by atoms with Gasteiger partial charge in [-0.25, -0.2) is 9.78 Å². The van der Waals surface area contributed by atoms with Crippen molar-refractivity contribution in [3.05, 3.63) is 36.4 Å². The molecule has 0 spiro atoms. The van der Waals surface area contributed by atoms with E-state index in [0.29, 0.717) is 18.8 Å². The zero-order valence-electron chi connectivity index (χ0n) is 10.5. The summed E-state index contributed by atoms with van der Waals surface area (Å²) in [6, 6.07) is 6.93. The molecule has 3 rings (SSSR count). The topological polar surface area (TPSA) is 103 Å². The summed E-state index contributed by atoms with van der Waals surface area (Å²) in [6.07, 6.45) is 1.26. The number of carbonyl (C=O) groups excluding carboxylic acids is 2. The van der Waals surface area contributed by atoms with E-state index < -0.39 is 0 Å². The van der Waals surface area contributed by atoms with Crippen LogP contribution >= 0.6 is 0 Å². The molecule has 1 aliphatic heterocycles. The Morgan fingerprint density at radius 3 is 3.00 bits per heavy atom. The maximum Gasteiger partial charge on any atom is 0.321 e. The maximum absolute atomic E-state index is 11.8. The highest BCUT2D eigenvalue weighted by Crippen LogP contribution is 2.21. The zero-order chi connectivity index (χ0) is 13.9. The molecule has 1 saturated heterocycles. The Morgan fingerprint density at radius 1 is 1.40 bits per heavy atom. The Kier molecular flexibility index (Phi) is 3.04. The van der Waals surface area contributed by atoms with Crippen LogP contribution in [0.25, 0.3) is 0 Å². The van der Waals surface area contributed by atoms with Crippen molar-refractivity contribution in [2.75, 3.05) is 23.3 Å². The van der Waals surface area contributed by atoms with E-state index in [-0.39, 0.29) is 17.8 Å². The molecule has 2 heterocycles. The number of aromatic amines is 1. The van der Waals surface area contributed by atoms with Gasteiger partial charge < -0.3 is 10.6 Å². The minimum atomic E-state index is -0.384. The molecule has 3 N–H and O–H groups in total. The average Bonchev–Trinajstić information content (AvgIpc) is 3.10. The fourth-order valence-corrected chi connectivity index (χ4v) is 1.97. The quantitative estimate of drug-likeness (QED) is 0.760. The van der Waals surface area contributed by atoms with Gasteiger partial charge in [0, 0.05) is 24.5 Å². The first-order chi connectivity index (χ1) is 9.74. The highest BCUT2D eigenvalue weighted by Gasteiger charge is 2.21. The predicted octanol–water partition coefficient (Wildman–Crippen LogP) is 0.587. The molecular weight excluding hydrogens is 260 g/mol. The number of hydrogen-bond donors (Lipinski definition) is 3. The largest absolute Gasteiger partial charge is 0.336 e. The molecule has 8 nitrogen and oxygen atoms in total. The first kappa shape index (κ1) is 12.2. The molecule has 0 atom stereocenters. The van der Waals surface area contributed by atoms with Crippen LogP contribution in [0.5, 0.6) is 0 Å². The molecule has 0 bridgehead atoms. The molecular formula is C12H12N6O2. The fraction of sp³-hybridized carbons (Fsp3) is 0.167. The van der Waals surface area contributed by atoms with Crippen LogP contribution in [0.1, 0.15) is 10.6 Å². The van der Waals surface area contributed by atoms with E-state index in [9.17, 15) is 9.59 Å². The number of aromatic nitrogens is 3. The van der Waals surface area contributed by atoms with Gasteiger partial charge in [-0.15, -0.1) is 0 Å². The van der Waals surface area contributed by atoms with Crippen LogP contribution in [-0.2, 0) is 0 Å². The van der Waals surface area contributed by atoms with E-state index in [1.807, 2.05) is 6.07 Å². The first-order valence-corrected chi connectivity index (χ1v) is 6.06. The molecule has 3 amide bonds. The van der Waals surface area contributed by atoms with Gasteiger partial charge in [0.1, 0.15) is 6.33 Å². The van der Waals surface area contributed by atoms with E-state index in [1.54, 1.807) is 23.1 Å². The number of nitrogens with one attached hydrogen (secondary N) is 3. The third-order valence-corrected chi connectivity index (χ3v) is 2.90. The number of urea groups is 1. The van der Waals surface area contributed by atoms with Crippen molar-refractivity contribution >= 4 is 23.3 Å². The normalized spacial score (nSPS) is 14.2. The standard InChI is InChI=1S/C12H12N6O2/c19-11(10-14-7-15-17-10)16-8-2-1-3-9(6-8)18-5-4-13-12(18)20/h1-3,6-7H,4-5H2,(H,13,20)(H,16,19)(H,14,15,17). The summed E-state index contributed by atoms with van der Waals surface area (Å²) in [6.45, 7) is 1.23. The Labute approximate surface area is 114 Å². The van der Waals surface area contributed by atoms with Crippen LogP contribution in [0.4, 0.5) is 16.2 Å². The molecule has 0 radical (unpaired) electrons. The summed E-state index contributed by atoms with van der Waals surface area (Å²) in [4.78, 5) is 28.8. The molecule has 1 aromatic carbocycles. The molecule has 1 aliphatic rings. The number of benzene rings is 1. The van der Waals surface area contributed by atoms with Crippen LogP contribution in [0, 0.1) is 0 Å². The Bertz CT molecular complexity index is 639. The van der Waals surface area contributed by atoms with Gasteiger partial charge in [0.2, 0.25) is 5.82 Å². The van der Waals surface area contributed by atoms with Crippen LogP contribution in [0.3, 0.4) is 0 Å². The lowest BCUT2D eigenvalue weighted by atomic mass is 10.2. The van der Waals surface area contributed by atoms with Crippen molar-refractivity contribution in [2.45, 2.75) is 0 Å². The van der Waals surface area contributed by atoms with Crippen molar-refractivity contribution in [1.82, 2.24) is 20.5 Å². The van der Waals surface area contributed by atoms with Crippen molar-refractivity contribution in [3.8, 4) is 0 Å². The highest BCUT2D eigenvalue weighted by atomic mass is 16.2. The lowest BCUT2D eigenvalue weighted by molar-refractivity contribution is 0.101. The molecule has 0 unspecified atom stereocenters. The third kappa shape index (κ3) is 2.30. The Morgan fingerprint density at radius 2 is 2.30 bits per heavy atom. The van der Waals surface area contributed by atoms with Crippen molar-refractivity contribution in [3.63, 3.8) is 0 Å². The second-order valence-corrected chi connectivity index (χ2v) is 4.22. The van der Waals surface area contributed by atoms with E-state index in [1.165, 1.54) is 6.33 Å². The molecule has 8 heteroatoms. The number of nitrogens with zero attached hydrogens (tertiary/aromatic N) is 3. The van der Waals surface area contributed by atoms with Gasteiger partial charge >= 0.3 is 6.03 Å². The smallest absolute Gasteiger partial charge is 0.321 e. The van der Waals surface area contributed by atoms with Crippen LogP contribution in [0.2, 0.25) is 0 Å². The molecule has 0 aliphatic carbocycles. The number of amides is 3. The van der Waals surface area contributed by atoms with Crippen LogP contribution < -0.4 is 15.5 Å². The molecule has 2 aromatic rings. The lowest BCUT2D eigenvalue weighted by Crippen LogP contribution is -2.27. The van der Waals surface area contributed by atoms with E-state index in [0.717, 1.165) is 5.69 Å². The third-order valence-electron chi connectivity index (χ3n) is 2.90. The predicted molar refractivity (Wildman–Crippen MR) is 71.5 cm³/mol. The Hall–Kier alpha value is -2.90. The summed E-state index contributed by atoms with van der Waals surface area (Å²) in [5, 5.41) is 11.5. The monoisotopic (exact) mass is 272 g/mol. The summed E-state index contributed by atoms with van der Waals surface area (Å²) >= 11 is 0. The second-order valence-electron chi connectivity index (χ2n) is 4.22. The fourth-order valence-electron chi connectivity index (χ4n) is 1.97. The van der Waals surface area contributed by atoms with Gasteiger partial charge in [0.25, 0.3) is 5.91 Å². The molecule has 102 valence electrons. The summed E-state index contributed by atoms with van der Waals surface area (Å²) in [5.41, 5.74) is 1.32. The summed E-state index contributed by atoms with van der Waals surface area (Å²) in [7, 11) is 0. The lowest BCUT2D eigenvalue weighted by Gasteiger charge is -2.15. The number of carbonyl (C=O) groups is 2. The number of hydrogen-bond acceptors (Lipinski definition) is 4. The summed E-state index contributed by atoms with van der Waals surface area (Å²) in [5.74, 6) is -0.250. The molecule has 20 heavy (non-hydrogen) atoms. The first-order valence-electron chi connectivity index (χ1n) is 6.06. The van der Waals surface area contributed by atoms with E-state index >= 15 is 0 Å². The minimum absolute atomic E-state index is 0.134. The second kappa shape index (κ2) is 5.00. The maximum atomic E-state index is 11.8. The average molecular weight is 272 g/mol. The van der Waals surface area contributed by atoms with Crippen LogP contribution in [0.15, 0.2) is 30.6 Å². The minimum Gasteiger partial charge on any atom is -0.336 e. The van der Waals surface area contributed by atoms with Crippen molar-refractivity contribution in [1.29, 1.82) is 0 Å². The van der Waals surface area contributed by atoms with Crippen LogP contribution in [-0.4, -0.2) is 40.2 Å². The Balaban J connectivity index is 1.78. The van der Waals surface area contributed by atoms with Crippen molar-refractivity contribution in [2.24, 2.45) is 0 Å². The number of anilines is 2. The molecule has 1 aromatic heterocycles. The van der Waals surface area contributed by atoms with Gasteiger partial charge in [0.15, 0.2) is 0 Å². The van der Waals surface area contributed by atoms with Gasteiger partial charge in [0.05, 0.1) is 0 Å². The molecule has 0 saturated carbocycles. The van der Waals surface area contributed by atoms with Crippen molar-refractivity contribution < 1.29 is 9.59 Å². The van der Waals surface area contributed by atoms with Gasteiger partial charge in [-0.1, -0.05) is 6.07 Å². The SMILES string of the molecule is O=C(Nc1cccc(N2CCNC2=O)c1)c1ncn[nH]1. The van der Waals surface area contributed by atoms with Gasteiger partial charge in [-0.2, -0.15) is 5.10 Å². The number of H-pyrrole nitrogens is 1. The zero-order valence-corrected chi connectivity index (χ0v) is 10.5. The summed E-state index contributed by atoms with van der Waals surface area (Å²) < 4.78 is 0. The van der Waals surface area contributed by atoms with E-state index in [4.69, 9.17) is 0 Å². The highest BCUT2D eigenvalue weighted by molar-refractivity contribution is 6.02. The molecule has 1 fully saturated rings.